The molecule has 122 valence electrons. The van der Waals surface area contributed by atoms with E-state index in [4.69, 9.17) is 0 Å². The minimum absolute atomic E-state index is 0.0713. The van der Waals surface area contributed by atoms with Crippen LogP contribution in [0.15, 0.2) is 48.8 Å². The van der Waals surface area contributed by atoms with Crippen LogP contribution < -0.4 is 4.31 Å². The number of nitrogens with zero attached hydrogens (tertiary/aromatic N) is 3. The molecular weight excluding hydrogens is 337 g/mol. The SMILES string of the molecule is O=C(O)c1ccc(F)cc1N(c1cccc2nccnc12)S(=O)[O-]. The smallest absolute Gasteiger partial charge is 0.337 e. The molecule has 0 aliphatic rings. The maximum atomic E-state index is 13.6. The summed E-state index contributed by atoms with van der Waals surface area (Å²) in [5.74, 6) is -2.15. The van der Waals surface area contributed by atoms with Crippen LogP contribution in [0.4, 0.5) is 15.8 Å². The van der Waals surface area contributed by atoms with Gasteiger partial charge < -0.3 is 9.66 Å². The first-order chi connectivity index (χ1) is 11.5. The van der Waals surface area contributed by atoms with Crippen molar-refractivity contribution in [2.45, 2.75) is 0 Å². The van der Waals surface area contributed by atoms with Gasteiger partial charge in [0, 0.05) is 12.4 Å². The summed E-state index contributed by atoms with van der Waals surface area (Å²) in [6.07, 6.45) is 2.82. The van der Waals surface area contributed by atoms with Crippen LogP contribution in [0.2, 0.25) is 0 Å². The number of benzene rings is 2. The van der Waals surface area contributed by atoms with E-state index in [1.807, 2.05) is 0 Å². The van der Waals surface area contributed by atoms with Crippen LogP contribution in [0.5, 0.6) is 0 Å². The van der Waals surface area contributed by atoms with Crippen LogP contribution in [-0.4, -0.2) is 29.8 Å². The number of carbonyl (C=O) groups is 1. The molecule has 0 fully saturated rings. The summed E-state index contributed by atoms with van der Waals surface area (Å²) in [5.41, 5.74) is 0.0426. The molecule has 0 radical (unpaired) electrons. The highest BCUT2D eigenvalue weighted by Crippen LogP contribution is 2.34. The summed E-state index contributed by atoms with van der Waals surface area (Å²) in [7, 11) is 0. The standard InChI is InChI=1S/C15H10FN3O4S/c16-9-4-5-10(15(20)21)13(8-9)19(24(22)23)12-3-1-2-11-14(12)18-7-6-17-11/h1-8H,(H,20,21)(H,22,23)/p-1. The number of fused-ring (bicyclic) bond motifs is 1. The molecule has 3 rings (SSSR count). The zero-order valence-corrected chi connectivity index (χ0v) is 12.7. The van der Waals surface area contributed by atoms with Gasteiger partial charge in [-0.3, -0.25) is 18.5 Å². The summed E-state index contributed by atoms with van der Waals surface area (Å²) < 4.78 is 37.9. The summed E-state index contributed by atoms with van der Waals surface area (Å²) >= 11 is -2.91. The van der Waals surface area contributed by atoms with Crippen LogP contribution in [0.25, 0.3) is 11.0 Å². The molecule has 24 heavy (non-hydrogen) atoms. The number of anilines is 2. The van der Waals surface area contributed by atoms with Gasteiger partial charge in [-0.15, -0.1) is 0 Å². The Labute approximate surface area is 137 Å². The molecule has 3 aromatic rings. The molecule has 1 aromatic heterocycles. The van der Waals surface area contributed by atoms with Crippen molar-refractivity contribution in [1.82, 2.24) is 9.97 Å². The molecule has 1 unspecified atom stereocenters. The van der Waals surface area contributed by atoms with E-state index in [1.165, 1.54) is 18.5 Å². The lowest BCUT2D eigenvalue weighted by Crippen LogP contribution is -2.22. The Morgan fingerprint density at radius 2 is 1.92 bits per heavy atom. The zero-order valence-electron chi connectivity index (χ0n) is 11.9. The third kappa shape index (κ3) is 2.82. The maximum Gasteiger partial charge on any atom is 0.337 e. The number of carboxylic acids is 1. The Hall–Kier alpha value is -2.91. The Balaban J connectivity index is 2.31. The first kappa shape index (κ1) is 16.0. The molecular formula is C15H9FN3O4S-. The fraction of sp³-hybridized carbons (Fsp3) is 0. The number of hydrogen-bond acceptors (Lipinski definition) is 5. The lowest BCUT2D eigenvalue weighted by molar-refractivity contribution is 0.0698. The van der Waals surface area contributed by atoms with Gasteiger partial charge >= 0.3 is 5.97 Å². The van der Waals surface area contributed by atoms with E-state index in [0.29, 0.717) is 9.82 Å². The fourth-order valence-electron chi connectivity index (χ4n) is 2.29. The van der Waals surface area contributed by atoms with Crippen LogP contribution in [0.1, 0.15) is 10.4 Å². The fourth-order valence-corrected chi connectivity index (χ4v) is 2.90. The van der Waals surface area contributed by atoms with Crippen molar-refractivity contribution < 1.29 is 23.1 Å². The van der Waals surface area contributed by atoms with Gasteiger partial charge in [0.25, 0.3) is 0 Å². The van der Waals surface area contributed by atoms with Crippen LogP contribution in [-0.2, 0) is 11.3 Å². The van der Waals surface area contributed by atoms with Gasteiger partial charge in [-0.05, 0) is 30.3 Å². The van der Waals surface area contributed by atoms with Crippen molar-refractivity contribution in [3.8, 4) is 0 Å². The summed E-state index contributed by atoms with van der Waals surface area (Å²) in [6.45, 7) is 0. The second kappa shape index (κ2) is 6.30. The number of carboxylic acid groups (broad SMARTS) is 1. The van der Waals surface area contributed by atoms with Crippen LogP contribution in [0.3, 0.4) is 0 Å². The number of halogens is 1. The van der Waals surface area contributed by atoms with E-state index in [-0.39, 0.29) is 22.5 Å². The summed E-state index contributed by atoms with van der Waals surface area (Å²) in [4.78, 5) is 19.5. The normalized spacial score (nSPS) is 12.1. The third-order valence-electron chi connectivity index (χ3n) is 3.25. The molecule has 1 atom stereocenters. The molecule has 0 saturated carbocycles. The molecule has 1 heterocycles. The van der Waals surface area contributed by atoms with E-state index < -0.39 is 23.1 Å². The number of aromatic carboxylic acids is 1. The highest BCUT2D eigenvalue weighted by molar-refractivity contribution is 7.81. The number of rotatable bonds is 4. The van der Waals surface area contributed by atoms with E-state index in [9.17, 15) is 23.1 Å². The Morgan fingerprint density at radius 3 is 2.62 bits per heavy atom. The van der Waals surface area contributed by atoms with Gasteiger partial charge in [-0.25, -0.2) is 9.18 Å². The molecule has 0 bridgehead atoms. The van der Waals surface area contributed by atoms with Gasteiger partial charge in [0.15, 0.2) is 0 Å². The number of hydrogen-bond donors (Lipinski definition) is 1. The Bertz CT molecular complexity index is 961. The quantitative estimate of drug-likeness (QED) is 0.727. The average molecular weight is 346 g/mol. The second-order valence-electron chi connectivity index (χ2n) is 4.68. The largest absolute Gasteiger partial charge is 0.755 e. The van der Waals surface area contributed by atoms with Crippen molar-refractivity contribution in [3.63, 3.8) is 0 Å². The van der Waals surface area contributed by atoms with E-state index in [0.717, 1.165) is 18.2 Å². The minimum atomic E-state index is -2.91. The lowest BCUT2D eigenvalue weighted by Gasteiger charge is -2.28. The van der Waals surface area contributed by atoms with Gasteiger partial charge in [0.1, 0.15) is 11.3 Å². The van der Waals surface area contributed by atoms with Crippen molar-refractivity contribution in [1.29, 1.82) is 0 Å². The van der Waals surface area contributed by atoms with Crippen LogP contribution >= 0.6 is 0 Å². The van der Waals surface area contributed by atoms with Gasteiger partial charge in [-0.1, -0.05) is 6.07 Å². The predicted octanol–water partition coefficient (Wildman–Crippen LogP) is 2.40. The average Bonchev–Trinajstić information content (AvgIpc) is 2.55. The number of para-hydroxylation sites is 1. The first-order valence-electron chi connectivity index (χ1n) is 6.61. The van der Waals surface area contributed by atoms with Crippen LogP contribution in [0, 0.1) is 5.82 Å². The molecule has 0 amide bonds. The van der Waals surface area contributed by atoms with Gasteiger partial charge in [0.05, 0.1) is 33.7 Å². The maximum absolute atomic E-state index is 13.6. The highest BCUT2D eigenvalue weighted by Gasteiger charge is 2.21. The first-order valence-corrected chi connectivity index (χ1v) is 7.64. The second-order valence-corrected chi connectivity index (χ2v) is 5.48. The zero-order chi connectivity index (χ0) is 17.3. The third-order valence-corrected chi connectivity index (χ3v) is 3.95. The van der Waals surface area contributed by atoms with E-state index in [1.54, 1.807) is 12.1 Å². The van der Waals surface area contributed by atoms with Gasteiger partial charge in [0.2, 0.25) is 0 Å². The van der Waals surface area contributed by atoms with Crippen molar-refractivity contribution >= 4 is 39.6 Å². The minimum Gasteiger partial charge on any atom is -0.755 e. The van der Waals surface area contributed by atoms with Gasteiger partial charge in [-0.2, -0.15) is 0 Å². The molecule has 1 N–H and O–H groups in total. The van der Waals surface area contributed by atoms with Crippen molar-refractivity contribution in [2.24, 2.45) is 0 Å². The topological polar surface area (TPSA) is 106 Å². The van der Waals surface area contributed by atoms with Crippen molar-refractivity contribution in [2.75, 3.05) is 4.31 Å². The van der Waals surface area contributed by atoms with E-state index >= 15 is 0 Å². The molecule has 7 nitrogen and oxygen atoms in total. The molecule has 0 saturated heterocycles. The Morgan fingerprint density at radius 1 is 1.17 bits per heavy atom. The predicted molar refractivity (Wildman–Crippen MR) is 84.0 cm³/mol. The molecule has 0 aliphatic carbocycles. The molecule has 0 aliphatic heterocycles. The lowest BCUT2D eigenvalue weighted by atomic mass is 10.1. The summed E-state index contributed by atoms with van der Waals surface area (Å²) in [5, 5.41) is 9.27. The molecule has 2 aromatic carbocycles. The monoisotopic (exact) mass is 346 g/mol. The Kier molecular flexibility index (Phi) is 4.19. The molecule has 9 heteroatoms. The highest BCUT2D eigenvalue weighted by atomic mass is 32.2. The van der Waals surface area contributed by atoms with E-state index in [2.05, 4.69) is 9.97 Å². The number of aromatic nitrogens is 2. The molecule has 0 spiro atoms. The summed E-state index contributed by atoms with van der Waals surface area (Å²) in [6, 6.07) is 7.40. The van der Waals surface area contributed by atoms with Crippen molar-refractivity contribution in [3.05, 3.63) is 60.2 Å².